The third kappa shape index (κ3) is 11.6. The zero-order valence-electron chi connectivity index (χ0n) is 11.1. The van der Waals surface area contributed by atoms with Crippen molar-refractivity contribution in [3.8, 4) is 0 Å². The largest absolute Gasteiger partial charge is 0.377 e. The number of carbonyl (C=O) groups is 1. The second-order valence-corrected chi connectivity index (χ2v) is 10.0. The van der Waals surface area contributed by atoms with Gasteiger partial charge in [-0.3, -0.25) is 9.36 Å². The fourth-order valence-corrected chi connectivity index (χ4v) is 3.73. The van der Waals surface area contributed by atoms with E-state index in [2.05, 4.69) is 69.0 Å². The van der Waals surface area contributed by atoms with Gasteiger partial charge in [0.15, 0.2) is 0 Å². The summed E-state index contributed by atoms with van der Waals surface area (Å²) in [5.74, 6) is -0.406. The lowest BCUT2D eigenvalue weighted by molar-refractivity contribution is -0.121. The Balaban J connectivity index is 4.50. The van der Waals surface area contributed by atoms with Crippen molar-refractivity contribution in [2.75, 3.05) is 36.8 Å². The molecule has 0 spiro atoms. The van der Waals surface area contributed by atoms with Crippen LogP contribution in [0.25, 0.3) is 0 Å². The lowest BCUT2D eigenvalue weighted by atomic mass is 10.5. The van der Waals surface area contributed by atoms with Gasteiger partial charge in [-0.1, -0.05) is 63.7 Å². The lowest BCUT2D eigenvalue weighted by Gasteiger charge is -2.20. The summed E-state index contributed by atoms with van der Waals surface area (Å²) in [7, 11) is -3.38. The van der Waals surface area contributed by atoms with Crippen LogP contribution in [0.15, 0.2) is 0 Å². The van der Waals surface area contributed by atoms with Gasteiger partial charge in [0.1, 0.15) is 6.73 Å². The summed E-state index contributed by atoms with van der Waals surface area (Å²) in [6, 6.07) is 0. The number of amides is 1. The number of carbonyl (C=O) groups excluding carboxylic acids is 1. The summed E-state index contributed by atoms with van der Waals surface area (Å²) >= 11 is 13.3. The highest BCUT2D eigenvalue weighted by molar-refractivity contribution is 9.12. The average Bonchev–Trinajstić information content (AvgIpc) is 2.48. The van der Waals surface area contributed by atoms with Crippen LogP contribution in [0.1, 0.15) is 6.42 Å². The molecule has 0 aliphatic carbocycles. The van der Waals surface area contributed by atoms with Gasteiger partial charge in [-0.15, -0.1) is 0 Å². The molecule has 2 unspecified atom stereocenters. The molecule has 0 heterocycles. The highest BCUT2D eigenvalue weighted by atomic mass is 79.9. The topological polar surface area (TPSA) is 84.9 Å². The van der Waals surface area contributed by atoms with Crippen molar-refractivity contribution < 1.29 is 23.5 Å². The monoisotopic (exact) mass is 579 g/mol. The molecule has 0 radical (unpaired) electrons. The zero-order valence-corrected chi connectivity index (χ0v) is 18.4. The molecule has 2 atom stereocenters. The molecule has 0 aliphatic heterocycles. The SMILES string of the molecule is O=C(CCP(=O)(OCC(Br)CBr)OCC(Br)CBr)NCO. The van der Waals surface area contributed by atoms with Crippen molar-refractivity contribution in [3.63, 3.8) is 0 Å². The first-order valence-electron chi connectivity index (χ1n) is 6.02. The van der Waals surface area contributed by atoms with E-state index in [1.54, 1.807) is 0 Å². The van der Waals surface area contributed by atoms with Gasteiger partial charge in [0.05, 0.1) is 19.4 Å². The molecule has 0 saturated heterocycles. The Morgan fingerprint density at radius 3 is 2.00 bits per heavy atom. The maximum atomic E-state index is 12.6. The smallest absolute Gasteiger partial charge is 0.331 e. The second-order valence-electron chi connectivity index (χ2n) is 3.94. The van der Waals surface area contributed by atoms with E-state index in [4.69, 9.17) is 14.2 Å². The van der Waals surface area contributed by atoms with E-state index in [1.165, 1.54) is 0 Å². The summed E-state index contributed by atoms with van der Waals surface area (Å²) < 4.78 is 23.4. The Kier molecular flexibility index (Phi) is 13.8. The number of aliphatic hydroxyl groups is 1. The molecule has 126 valence electrons. The van der Waals surface area contributed by atoms with Crippen LogP contribution in [-0.4, -0.2) is 57.4 Å². The molecular weight excluding hydrogens is 565 g/mol. The van der Waals surface area contributed by atoms with Crippen LogP contribution in [-0.2, 0) is 18.4 Å². The predicted molar refractivity (Wildman–Crippen MR) is 97.2 cm³/mol. The van der Waals surface area contributed by atoms with Crippen molar-refractivity contribution in [2.45, 2.75) is 16.1 Å². The molecule has 0 aromatic rings. The molecule has 2 N–H and O–H groups in total. The van der Waals surface area contributed by atoms with Gasteiger partial charge in [0.2, 0.25) is 5.91 Å². The van der Waals surface area contributed by atoms with E-state index < -0.39 is 20.2 Å². The third-order valence-corrected chi connectivity index (χ3v) is 8.46. The van der Waals surface area contributed by atoms with E-state index in [0.717, 1.165) is 0 Å². The molecule has 0 saturated carbocycles. The Bertz CT molecular complexity index is 331. The normalized spacial score (nSPS) is 17.0. The summed E-state index contributed by atoms with van der Waals surface area (Å²) in [6.45, 7) is -0.0538. The average molecular weight is 583 g/mol. The first-order valence-corrected chi connectivity index (χ1v) is 11.8. The molecule has 0 fully saturated rings. The van der Waals surface area contributed by atoms with Gasteiger partial charge in [0, 0.05) is 26.7 Å². The number of rotatable bonds is 12. The van der Waals surface area contributed by atoms with Crippen LogP contribution >= 0.6 is 71.3 Å². The van der Waals surface area contributed by atoms with E-state index in [1.807, 2.05) is 0 Å². The molecule has 0 aliphatic rings. The Morgan fingerprint density at radius 2 is 1.62 bits per heavy atom. The number of hydrogen-bond acceptors (Lipinski definition) is 5. The van der Waals surface area contributed by atoms with Crippen LogP contribution in [0.5, 0.6) is 0 Å². The molecule has 11 heteroatoms. The van der Waals surface area contributed by atoms with Gasteiger partial charge in [-0.25, -0.2) is 0 Å². The second kappa shape index (κ2) is 12.9. The van der Waals surface area contributed by atoms with Gasteiger partial charge >= 0.3 is 7.60 Å². The number of halogens is 4. The molecule has 6 nitrogen and oxygen atoms in total. The Labute approximate surface area is 158 Å². The number of alkyl halides is 4. The van der Waals surface area contributed by atoms with Crippen LogP contribution < -0.4 is 5.32 Å². The van der Waals surface area contributed by atoms with Crippen molar-refractivity contribution in [1.29, 1.82) is 0 Å². The molecule has 0 bridgehead atoms. The lowest BCUT2D eigenvalue weighted by Crippen LogP contribution is -2.25. The van der Waals surface area contributed by atoms with Gasteiger partial charge in [-0.05, 0) is 0 Å². The summed E-state index contributed by atoms with van der Waals surface area (Å²) in [5, 5.41) is 12.1. The Morgan fingerprint density at radius 1 is 1.14 bits per heavy atom. The fourth-order valence-electron chi connectivity index (χ4n) is 1.06. The fraction of sp³-hybridized carbons (Fsp3) is 0.900. The minimum absolute atomic E-state index is 0.00312. The number of hydrogen-bond donors (Lipinski definition) is 2. The Hall–Kier alpha value is 1.50. The van der Waals surface area contributed by atoms with Gasteiger partial charge in [-0.2, -0.15) is 0 Å². The highest BCUT2D eigenvalue weighted by Crippen LogP contribution is 2.49. The maximum Gasteiger partial charge on any atom is 0.331 e. The summed E-state index contributed by atoms with van der Waals surface area (Å²) in [4.78, 5) is 11.3. The summed E-state index contributed by atoms with van der Waals surface area (Å²) in [6.07, 6.45) is -0.0801. The van der Waals surface area contributed by atoms with Crippen LogP contribution in [0.3, 0.4) is 0 Å². The van der Waals surface area contributed by atoms with Crippen molar-refractivity contribution in [2.24, 2.45) is 0 Å². The molecule has 0 rings (SSSR count). The molecular formula is C10H18Br4NO5P. The van der Waals surface area contributed by atoms with Crippen molar-refractivity contribution in [1.82, 2.24) is 5.32 Å². The van der Waals surface area contributed by atoms with Crippen molar-refractivity contribution >= 4 is 77.2 Å². The van der Waals surface area contributed by atoms with E-state index >= 15 is 0 Å². The minimum atomic E-state index is -3.38. The molecule has 0 aromatic heterocycles. The van der Waals surface area contributed by atoms with Crippen LogP contribution in [0.2, 0.25) is 0 Å². The van der Waals surface area contributed by atoms with Crippen LogP contribution in [0, 0.1) is 0 Å². The van der Waals surface area contributed by atoms with Gasteiger partial charge in [0.25, 0.3) is 0 Å². The highest BCUT2D eigenvalue weighted by Gasteiger charge is 2.27. The molecule has 21 heavy (non-hydrogen) atoms. The number of aliphatic hydroxyl groups excluding tert-OH is 1. The minimum Gasteiger partial charge on any atom is -0.377 e. The number of nitrogens with one attached hydrogen (secondary N) is 1. The van der Waals surface area contributed by atoms with E-state index in [9.17, 15) is 9.36 Å². The van der Waals surface area contributed by atoms with Crippen molar-refractivity contribution in [3.05, 3.63) is 0 Å². The third-order valence-electron chi connectivity index (χ3n) is 2.13. The quantitative estimate of drug-likeness (QED) is 0.210. The zero-order chi connectivity index (χ0) is 16.3. The van der Waals surface area contributed by atoms with E-state index in [0.29, 0.717) is 10.7 Å². The molecule has 0 aromatic carbocycles. The first kappa shape index (κ1) is 22.5. The standard InChI is InChI=1S/C10H18Br4NO5P/c11-3-8(13)5-19-21(18,20-6-9(14)4-12)2-1-10(17)15-7-16/h8-9,16H,1-7H2,(H,15,17). The molecule has 1 amide bonds. The maximum absolute atomic E-state index is 12.6. The first-order chi connectivity index (χ1) is 9.86. The van der Waals surface area contributed by atoms with Gasteiger partial charge < -0.3 is 19.5 Å². The summed E-state index contributed by atoms with van der Waals surface area (Å²) in [5.41, 5.74) is 0. The van der Waals surface area contributed by atoms with E-state index in [-0.39, 0.29) is 35.5 Å². The van der Waals surface area contributed by atoms with Crippen LogP contribution in [0.4, 0.5) is 0 Å². The predicted octanol–water partition coefficient (Wildman–Crippen LogP) is 2.99.